The van der Waals surface area contributed by atoms with Gasteiger partial charge in [0.1, 0.15) is 12.6 Å². The standard InChI is InChI=1S/C23H30N2O3S/c1-23(2,3)29-16-20(22(27)28-15-18-12-8-5-9-13-18)25-21(26)19(24)14-17-10-6-4-7-11-17/h4-13,19-20H,14-16,24H2,1-3H3,(H,25,26)/t19-,20-/m0/s1. The maximum absolute atomic E-state index is 12.7. The molecule has 29 heavy (non-hydrogen) atoms. The van der Waals surface area contributed by atoms with E-state index in [0.29, 0.717) is 12.2 Å². The van der Waals surface area contributed by atoms with Crippen LogP contribution in [0.25, 0.3) is 0 Å². The number of thioether (sulfide) groups is 1. The lowest BCUT2D eigenvalue weighted by Crippen LogP contribution is -2.51. The molecule has 2 atom stereocenters. The van der Waals surface area contributed by atoms with Gasteiger partial charge in [0.25, 0.3) is 0 Å². The maximum atomic E-state index is 12.7. The first-order valence-corrected chi connectivity index (χ1v) is 10.7. The fourth-order valence-corrected chi connectivity index (χ4v) is 3.46. The first kappa shape index (κ1) is 23.0. The molecule has 0 aliphatic carbocycles. The fraction of sp³-hybridized carbons (Fsp3) is 0.391. The van der Waals surface area contributed by atoms with Gasteiger partial charge in [0.05, 0.1) is 6.04 Å². The predicted molar refractivity (Wildman–Crippen MR) is 119 cm³/mol. The van der Waals surface area contributed by atoms with Crippen molar-refractivity contribution < 1.29 is 14.3 Å². The van der Waals surface area contributed by atoms with Gasteiger partial charge in [0.2, 0.25) is 5.91 Å². The van der Waals surface area contributed by atoms with Gasteiger partial charge < -0.3 is 15.8 Å². The topological polar surface area (TPSA) is 81.4 Å². The minimum absolute atomic E-state index is 0.0468. The van der Waals surface area contributed by atoms with E-state index in [-0.39, 0.29) is 17.3 Å². The Balaban J connectivity index is 1.98. The number of amides is 1. The Morgan fingerprint density at radius 2 is 1.55 bits per heavy atom. The van der Waals surface area contributed by atoms with Crippen LogP contribution in [-0.4, -0.2) is 34.5 Å². The molecule has 0 aliphatic heterocycles. The molecule has 0 bridgehead atoms. The average molecular weight is 415 g/mol. The van der Waals surface area contributed by atoms with Gasteiger partial charge in [-0.25, -0.2) is 4.79 Å². The van der Waals surface area contributed by atoms with E-state index in [0.717, 1.165) is 11.1 Å². The van der Waals surface area contributed by atoms with Crippen molar-refractivity contribution in [2.24, 2.45) is 5.73 Å². The SMILES string of the molecule is CC(C)(C)SC[C@H](NC(=O)[C@@H](N)Cc1ccccc1)C(=O)OCc1ccccc1. The van der Waals surface area contributed by atoms with Crippen molar-refractivity contribution in [2.75, 3.05) is 5.75 Å². The first-order chi connectivity index (χ1) is 13.7. The van der Waals surface area contributed by atoms with Crippen LogP contribution in [0.4, 0.5) is 0 Å². The summed E-state index contributed by atoms with van der Waals surface area (Å²) in [6.07, 6.45) is 0.408. The fourth-order valence-electron chi connectivity index (χ4n) is 2.57. The normalized spacial score (nSPS) is 13.4. The minimum atomic E-state index is -0.753. The third kappa shape index (κ3) is 8.71. The zero-order valence-electron chi connectivity index (χ0n) is 17.3. The van der Waals surface area contributed by atoms with E-state index in [2.05, 4.69) is 26.1 Å². The Hall–Kier alpha value is -2.31. The van der Waals surface area contributed by atoms with Gasteiger partial charge >= 0.3 is 5.97 Å². The largest absolute Gasteiger partial charge is 0.459 e. The van der Waals surface area contributed by atoms with Gasteiger partial charge in [-0.05, 0) is 17.5 Å². The molecule has 1 amide bonds. The quantitative estimate of drug-likeness (QED) is 0.615. The molecular weight excluding hydrogens is 384 g/mol. The van der Waals surface area contributed by atoms with E-state index in [1.165, 1.54) is 0 Å². The Kier molecular flexibility index (Phi) is 8.73. The summed E-state index contributed by atoms with van der Waals surface area (Å²) in [5, 5.41) is 2.79. The summed E-state index contributed by atoms with van der Waals surface area (Å²) >= 11 is 1.59. The number of rotatable bonds is 9. The summed E-state index contributed by atoms with van der Waals surface area (Å²) in [5.74, 6) is -0.392. The molecule has 2 aromatic carbocycles. The number of carbonyl (C=O) groups excluding carboxylic acids is 2. The summed E-state index contributed by atoms with van der Waals surface area (Å²) in [4.78, 5) is 25.3. The summed E-state index contributed by atoms with van der Waals surface area (Å²) in [6.45, 7) is 6.36. The third-order valence-electron chi connectivity index (χ3n) is 4.14. The van der Waals surface area contributed by atoms with E-state index in [9.17, 15) is 9.59 Å². The van der Waals surface area contributed by atoms with Crippen molar-refractivity contribution in [1.82, 2.24) is 5.32 Å². The van der Waals surface area contributed by atoms with E-state index < -0.39 is 18.1 Å². The summed E-state index contributed by atoms with van der Waals surface area (Å²) in [5.41, 5.74) is 7.95. The molecular formula is C23H30N2O3S. The third-order valence-corrected chi connectivity index (χ3v) is 5.51. The second kappa shape index (κ2) is 11.0. The lowest BCUT2D eigenvalue weighted by molar-refractivity contribution is -0.148. The molecule has 0 unspecified atom stereocenters. The smallest absolute Gasteiger partial charge is 0.329 e. The number of ether oxygens (including phenoxy) is 1. The van der Waals surface area contributed by atoms with E-state index in [1.54, 1.807) is 11.8 Å². The first-order valence-electron chi connectivity index (χ1n) is 9.69. The molecule has 6 heteroatoms. The van der Waals surface area contributed by atoms with Crippen LogP contribution in [0, 0.1) is 0 Å². The van der Waals surface area contributed by atoms with Crippen LogP contribution in [-0.2, 0) is 27.4 Å². The van der Waals surface area contributed by atoms with Crippen molar-refractivity contribution in [3.8, 4) is 0 Å². The second-order valence-corrected chi connectivity index (χ2v) is 9.72. The number of hydrogen-bond donors (Lipinski definition) is 2. The van der Waals surface area contributed by atoms with Crippen molar-refractivity contribution >= 4 is 23.6 Å². The van der Waals surface area contributed by atoms with E-state index >= 15 is 0 Å². The Labute approximate surface area is 177 Å². The number of benzene rings is 2. The van der Waals surface area contributed by atoms with Gasteiger partial charge in [-0.2, -0.15) is 11.8 Å². The molecule has 3 N–H and O–H groups in total. The van der Waals surface area contributed by atoms with Crippen molar-refractivity contribution in [1.29, 1.82) is 0 Å². The molecule has 0 heterocycles. The predicted octanol–water partition coefficient (Wildman–Crippen LogP) is 3.32. The van der Waals surface area contributed by atoms with E-state index in [4.69, 9.17) is 10.5 Å². The Morgan fingerprint density at radius 1 is 1.00 bits per heavy atom. The van der Waals surface area contributed by atoms with Gasteiger partial charge in [0, 0.05) is 10.5 Å². The molecule has 0 saturated heterocycles. The van der Waals surface area contributed by atoms with Gasteiger partial charge in [0.15, 0.2) is 0 Å². The monoisotopic (exact) mass is 414 g/mol. The Morgan fingerprint density at radius 3 is 2.10 bits per heavy atom. The molecule has 2 aromatic rings. The van der Waals surface area contributed by atoms with Crippen LogP contribution in [0.2, 0.25) is 0 Å². The maximum Gasteiger partial charge on any atom is 0.329 e. The molecule has 0 aromatic heterocycles. The lowest BCUT2D eigenvalue weighted by Gasteiger charge is -2.24. The molecule has 156 valence electrons. The zero-order valence-corrected chi connectivity index (χ0v) is 18.1. The molecule has 0 aliphatic rings. The summed E-state index contributed by atoms with van der Waals surface area (Å²) in [7, 11) is 0. The zero-order chi connectivity index (χ0) is 21.3. The number of carbonyl (C=O) groups is 2. The van der Waals surface area contributed by atoms with Crippen LogP contribution >= 0.6 is 11.8 Å². The summed E-state index contributed by atoms with van der Waals surface area (Å²) in [6, 6.07) is 17.6. The van der Waals surface area contributed by atoms with E-state index in [1.807, 2.05) is 60.7 Å². The second-order valence-electron chi connectivity index (χ2n) is 7.87. The number of nitrogens with one attached hydrogen (secondary N) is 1. The highest BCUT2D eigenvalue weighted by atomic mass is 32.2. The minimum Gasteiger partial charge on any atom is -0.459 e. The molecule has 5 nitrogen and oxygen atoms in total. The van der Waals surface area contributed by atoms with Crippen LogP contribution in [0.1, 0.15) is 31.9 Å². The molecule has 0 fully saturated rings. The van der Waals surface area contributed by atoms with Crippen LogP contribution < -0.4 is 11.1 Å². The van der Waals surface area contributed by atoms with Crippen molar-refractivity contribution in [3.63, 3.8) is 0 Å². The van der Waals surface area contributed by atoms with Crippen LogP contribution in [0.5, 0.6) is 0 Å². The van der Waals surface area contributed by atoms with Crippen LogP contribution in [0.3, 0.4) is 0 Å². The molecule has 0 saturated carbocycles. The Bertz CT molecular complexity index is 776. The van der Waals surface area contributed by atoms with Gasteiger partial charge in [-0.1, -0.05) is 81.4 Å². The summed E-state index contributed by atoms with van der Waals surface area (Å²) < 4.78 is 5.40. The number of nitrogens with two attached hydrogens (primary N) is 1. The number of hydrogen-bond acceptors (Lipinski definition) is 5. The van der Waals surface area contributed by atoms with Gasteiger partial charge in [-0.3, -0.25) is 4.79 Å². The highest BCUT2D eigenvalue weighted by Crippen LogP contribution is 2.24. The molecule has 2 rings (SSSR count). The average Bonchev–Trinajstić information content (AvgIpc) is 2.70. The highest BCUT2D eigenvalue weighted by Gasteiger charge is 2.27. The van der Waals surface area contributed by atoms with Crippen LogP contribution in [0.15, 0.2) is 60.7 Å². The molecule has 0 spiro atoms. The number of esters is 1. The lowest BCUT2D eigenvalue weighted by atomic mass is 10.1. The highest BCUT2D eigenvalue weighted by molar-refractivity contribution is 8.00. The van der Waals surface area contributed by atoms with Crippen molar-refractivity contribution in [3.05, 3.63) is 71.8 Å². The van der Waals surface area contributed by atoms with Crippen molar-refractivity contribution in [2.45, 2.75) is 50.6 Å². The van der Waals surface area contributed by atoms with Gasteiger partial charge in [-0.15, -0.1) is 0 Å². The molecule has 0 radical (unpaired) electrons.